The van der Waals surface area contributed by atoms with Crippen LogP contribution < -0.4 is 10.2 Å². The largest absolute Gasteiger partial charge is 0.322 e. The molecule has 1 atom stereocenters. The predicted molar refractivity (Wildman–Crippen MR) is 110 cm³/mol. The van der Waals surface area contributed by atoms with Crippen LogP contribution in [-0.2, 0) is 16.0 Å². The molecule has 142 valence electrons. The van der Waals surface area contributed by atoms with Gasteiger partial charge in [-0.1, -0.05) is 47.5 Å². The summed E-state index contributed by atoms with van der Waals surface area (Å²) in [6, 6.07) is 12.5. The van der Waals surface area contributed by atoms with Crippen LogP contribution in [0.5, 0.6) is 0 Å². The maximum Gasteiger partial charge on any atom is 0.244 e. The van der Waals surface area contributed by atoms with E-state index in [9.17, 15) is 9.59 Å². The minimum atomic E-state index is -0.441. The van der Waals surface area contributed by atoms with Crippen molar-refractivity contribution in [1.82, 2.24) is 4.90 Å². The van der Waals surface area contributed by atoms with E-state index in [-0.39, 0.29) is 18.4 Å². The van der Waals surface area contributed by atoms with Crippen LogP contribution in [0.1, 0.15) is 12.5 Å². The van der Waals surface area contributed by atoms with E-state index in [1.807, 2.05) is 24.3 Å². The highest BCUT2D eigenvalue weighted by Crippen LogP contribution is 2.30. The van der Waals surface area contributed by atoms with Gasteiger partial charge in [-0.3, -0.25) is 14.5 Å². The summed E-state index contributed by atoms with van der Waals surface area (Å²) in [6.45, 7) is 2.51. The standard InChI is InChI=1S/C20H21Cl2N3O2/c1-13(20(27)25-11-10-14-6-3-4-9-17(14)25)24(2)12-18(26)23-19-15(21)7-5-8-16(19)22/h3-9,13H,10-12H2,1-2H3,(H,23,26)/t13-/m0/s1. The SMILES string of the molecule is C[C@@H](C(=O)N1CCc2ccccc21)N(C)CC(=O)Nc1c(Cl)cccc1Cl. The Hall–Kier alpha value is -2.08. The molecule has 3 rings (SSSR count). The van der Waals surface area contributed by atoms with Crippen molar-refractivity contribution in [3.05, 3.63) is 58.1 Å². The molecule has 2 amide bonds. The van der Waals surface area contributed by atoms with E-state index in [0.717, 1.165) is 12.1 Å². The second-order valence-electron chi connectivity index (χ2n) is 6.60. The third-order valence-electron chi connectivity index (χ3n) is 4.79. The molecule has 0 aliphatic carbocycles. The van der Waals surface area contributed by atoms with Crippen LogP contribution in [0, 0.1) is 0 Å². The quantitative estimate of drug-likeness (QED) is 0.821. The number of hydrogen-bond donors (Lipinski definition) is 1. The predicted octanol–water partition coefficient (Wildman–Crippen LogP) is 3.84. The summed E-state index contributed by atoms with van der Waals surface area (Å²) in [7, 11) is 1.75. The van der Waals surface area contributed by atoms with E-state index in [1.54, 1.807) is 42.0 Å². The molecule has 0 bridgehead atoms. The minimum absolute atomic E-state index is 0.0222. The van der Waals surface area contributed by atoms with Gasteiger partial charge in [0.25, 0.3) is 0 Å². The number of hydrogen-bond acceptors (Lipinski definition) is 3. The first-order valence-electron chi connectivity index (χ1n) is 8.72. The van der Waals surface area contributed by atoms with Crippen molar-refractivity contribution in [3.8, 4) is 0 Å². The highest BCUT2D eigenvalue weighted by molar-refractivity contribution is 6.39. The molecule has 0 fully saturated rings. The average molecular weight is 406 g/mol. The monoisotopic (exact) mass is 405 g/mol. The lowest BCUT2D eigenvalue weighted by molar-refractivity contribution is -0.124. The van der Waals surface area contributed by atoms with Crippen molar-refractivity contribution in [1.29, 1.82) is 0 Å². The van der Waals surface area contributed by atoms with Crippen molar-refractivity contribution in [2.24, 2.45) is 0 Å². The van der Waals surface area contributed by atoms with E-state index in [1.165, 1.54) is 5.56 Å². The highest BCUT2D eigenvalue weighted by atomic mass is 35.5. The Balaban J connectivity index is 1.63. The lowest BCUT2D eigenvalue weighted by Crippen LogP contribution is -2.47. The molecule has 2 aromatic rings. The van der Waals surface area contributed by atoms with Gasteiger partial charge in [0, 0.05) is 12.2 Å². The van der Waals surface area contributed by atoms with E-state index in [2.05, 4.69) is 5.32 Å². The maximum atomic E-state index is 12.9. The molecule has 27 heavy (non-hydrogen) atoms. The molecule has 0 saturated heterocycles. The average Bonchev–Trinajstić information content (AvgIpc) is 3.07. The van der Waals surface area contributed by atoms with Gasteiger partial charge in [-0.2, -0.15) is 0 Å². The Morgan fingerprint density at radius 3 is 2.52 bits per heavy atom. The molecular formula is C20H21Cl2N3O2. The van der Waals surface area contributed by atoms with Gasteiger partial charge in [-0.15, -0.1) is 0 Å². The summed E-state index contributed by atoms with van der Waals surface area (Å²) >= 11 is 12.2. The van der Waals surface area contributed by atoms with Crippen LogP contribution in [-0.4, -0.2) is 42.9 Å². The summed E-state index contributed by atoms with van der Waals surface area (Å²) < 4.78 is 0. The number of nitrogens with one attached hydrogen (secondary N) is 1. The van der Waals surface area contributed by atoms with Crippen LogP contribution in [0.2, 0.25) is 10.0 Å². The number of carbonyl (C=O) groups excluding carboxylic acids is 2. The van der Waals surface area contributed by atoms with Crippen molar-refractivity contribution in [3.63, 3.8) is 0 Å². The Bertz CT molecular complexity index is 852. The number of amides is 2. The molecule has 0 radical (unpaired) electrons. The van der Waals surface area contributed by atoms with Crippen LogP contribution >= 0.6 is 23.2 Å². The second kappa shape index (κ2) is 8.30. The Labute approximate surface area is 168 Å². The van der Waals surface area contributed by atoms with Crippen molar-refractivity contribution in [2.75, 3.05) is 30.4 Å². The summed E-state index contributed by atoms with van der Waals surface area (Å²) in [5.41, 5.74) is 2.51. The van der Waals surface area contributed by atoms with Crippen LogP contribution in [0.4, 0.5) is 11.4 Å². The van der Waals surface area contributed by atoms with Gasteiger partial charge in [0.15, 0.2) is 0 Å². The van der Waals surface area contributed by atoms with Crippen molar-refractivity contribution >= 4 is 46.4 Å². The molecule has 1 aliphatic heterocycles. The van der Waals surface area contributed by atoms with E-state index in [0.29, 0.717) is 22.3 Å². The fourth-order valence-electron chi connectivity index (χ4n) is 3.14. The number of halogens is 2. The van der Waals surface area contributed by atoms with Crippen LogP contribution in [0.15, 0.2) is 42.5 Å². The van der Waals surface area contributed by atoms with Gasteiger partial charge >= 0.3 is 0 Å². The third kappa shape index (κ3) is 4.26. The number of carbonyl (C=O) groups is 2. The second-order valence-corrected chi connectivity index (χ2v) is 7.42. The topological polar surface area (TPSA) is 52.7 Å². The zero-order valence-electron chi connectivity index (χ0n) is 15.2. The Kier molecular flexibility index (Phi) is 6.05. The van der Waals surface area contributed by atoms with Gasteiger partial charge < -0.3 is 10.2 Å². The first-order chi connectivity index (χ1) is 12.9. The van der Waals surface area contributed by atoms with E-state index >= 15 is 0 Å². The molecule has 0 aromatic heterocycles. The molecule has 5 nitrogen and oxygen atoms in total. The smallest absolute Gasteiger partial charge is 0.244 e. The van der Waals surface area contributed by atoms with E-state index in [4.69, 9.17) is 23.2 Å². The Morgan fingerprint density at radius 2 is 1.81 bits per heavy atom. The number of rotatable bonds is 5. The first-order valence-corrected chi connectivity index (χ1v) is 9.47. The first kappa shape index (κ1) is 19.7. The molecule has 1 aliphatic rings. The fourth-order valence-corrected chi connectivity index (χ4v) is 3.63. The lowest BCUT2D eigenvalue weighted by Gasteiger charge is -2.28. The number of para-hydroxylation sites is 2. The summed E-state index contributed by atoms with van der Waals surface area (Å²) in [5, 5.41) is 3.46. The molecule has 7 heteroatoms. The van der Waals surface area contributed by atoms with E-state index < -0.39 is 6.04 Å². The zero-order valence-corrected chi connectivity index (χ0v) is 16.7. The van der Waals surface area contributed by atoms with Crippen LogP contribution in [0.3, 0.4) is 0 Å². The molecule has 1 heterocycles. The van der Waals surface area contributed by atoms with Gasteiger partial charge in [0.2, 0.25) is 11.8 Å². The molecular weight excluding hydrogens is 385 g/mol. The highest BCUT2D eigenvalue weighted by Gasteiger charge is 2.30. The molecule has 1 N–H and O–H groups in total. The normalized spacial score (nSPS) is 14.2. The van der Waals surface area contributed by atoms with Gasteiger partial charge in [0.05, 0.1) is 28.3 Å². The molecule has 0 saturated carbocycles. The third-order valence-corrected chi connectivity index (χ3v) is 5.42. The Morgan fingerprint density at radius 1 is 1.15 bits per heavy atom. The zero-order chi connectivity index (χ0) is 19.6. The van der Waals surface area contributed by atoms with Crippen molar-refractivity contribution < 1.29 is 9.59 Å². The molecule has 0 unspecified atom stereocenters. The van der Waals surface area contributed by atoms with Gasteiger partial charge in [-0.05, 0) is 44.2 Å². The molecule has 0 spiro atoms. The minimum Gasteiger partial charge on any atom is -0.322 e. The van der Waals surface area contributed by atoms with Gasteiger partial charge in [0.1, 0.15) is 0 Å². The summed E-state index contributed by atoms with van der Waals surface area (Å²) in [6.07, 6.45) is 0.851. The number of benzene rings is 2. The number of nitrogens with zero attached hydrogens (tertiary/aromatic N) is 2. The number of likely N-dealkylation sites (N-methyl/N-ethyl adjacent to an activating group) is 1. The summed E-state index contributed by atoms with van der Waals surface area (Å²) in [5.74, 6) is -0.306. The lowest BCUT2D eigenvalue weighted by atomic mass is 10.2. The summed E-state index contributed by atoms with van der Waals surface area (Å²) in [4.78, 5) is 28.8. The van der Waals surface area contributed by atoms with Crippen LogP contribution in [0.25, 0.3) is 0 Å². The van der Waals surface area contributed by atoms with Crippen molar-refractivity contribution in [2.45, 2.75) is 19.4 Å². The molecule has 2 aromatic carbocycles. The number of anilines is 2. The maximum absolute atomic E-state index is 12.9. The van der Waals surface area contributed by atoms with Gasteiger partial charge in [-0.25, -0.2) is 0 Å². The fraction of sp³-hybridized carbons (Fsp3) is 0.300. The number of fused-ring (bicyclic) bond motifs is 1.